The molecule has 1 aromatic carbocycles. The monoisotopic (exact) mass is 217 g/mol. The van der Waals surface area contributed by atoms with Gasteiger partial charge in [-0.25, -0.2) is 4.79 Å². The Hall–Kier alpha value is -2.10. The van der Waals surface area contributed by atoms with Gasteiger partial charge in [-0.2, -0.15) is 0 Å². The Morgan fingerprint density at radius 1 is 1.31 bits per heavy atom. The summed E-state index contributed by atoms with van der Waals surface area (Å²) in [6.07, 6.45) is 0.0430. The van der Waals surface area contributed by atoms with Gasteiger partial charge in [0.25, 0.3) is 0 Å². The highest BCUT2D eigenvalue weighted by atomic mass is 16.5. The molecule has 2 rings (SSSR count). The summed E-state index contributed by atoms with van der Waals surface area (Å²) < 4.78 is 4.36. The predicted octanol–water partition coefficient (Wildman–Crippen LogP) is 1.45. The second-order valence-electron chi connectivity index (χ2n) is 3.47. The fourth-order valence-corrected chi connectivity index (χ4v) is 1.59. The van der Waals surface area contributed by atoms with Gasteiger partial charge in [0.2, 0.25) is 5.78 Å². The first-order valence-electron chi connectivity index (χ1n) is 4.88. The van der Waals surface area contributed by atoms with E-state index in [-0.39, 0.29) is 6.42 Å². The molecule has 0 fully saturated rings. The standard InChI is InChI=1S/C12H11NO3/c1-16-12(15)11(14)7-9-6-8-4-2-3-5-10(8)13-9/h2-6,13H,7H2,1H3. The highest BCUT2D eigenvalue weighted by Gasteiger charge is 2.15. The van der Waals surface area contributed by atoms with Crippen molar-refractivity contribution in [3.05, 3.63) is 36.0 Å². The minimum Gasteiger partial charge on any atom is -0.463 e. The lowest BCUT2D eigenvalue weighted by Crippen LogP contribution is -2.17. The van der Waals surface area contributed by atoms with Crippen LogP contribution in [-0.4, -0.2) is 23.8 Å². The number of Topliss-reactive ketones (excluding diaryl/α,β-unsaturated/α-hetero) is 1. The van der Waals surface area contributed by atoms with Crippen LogP contribution < -0.4 is 0 Å². The zero-order valence-corrected chi connectivity index (χ0v) is 8.82. The van der Waals surface area contributed by atoms with Gasteiger partial charge in [0.15, 0.2) is 0 Å². The summed E-state index contributed by atoms with van der Waals surface area (Å²) >= 11 is 0. The number of ether oxygens (including phenoxy) is 1. The number of esters is 1. The largest absolute Gasteiger partial charge is 0.463 e. The lowest BCUT2D eigenvalue weighted by Gasteiger charge is -1.95. The molecule has 1 aromatic heterocycles. The van der Waals surface area contributed by atoms with Gasteiger partial charge in [-0.15, -0.1) is 0 Å². The Morgan fingerprint density at radius 2 is 2.06 bits per heavy atom. The van der Waals surface area contributed by atoms with Crippen molar-refractivity contribution in [1.82, 2.24) is 4.98 Å². The molecule has 0 radical (unpaired) electrons. The molecule has 0 saturated carbocycles. The van der Waals surface area contributed by atoms with Crippen molar-refractivity contribution in [1.29, 1.82) is 0 Å². The van der Waals surface area contributed by atoms with Crippen LogP contribution in [0, 0.1) is 0 Å². The van der Waals surface area contributed by atoms with Crippen LogP contribution in [0.25, 0.3) is 10.9 Å². The molecule has 0 atom stereocenters. The molecule has 0 amide bonds. The number of carbonyl (C=O) groups is 2. The van der Waals surface area contributed by atoms with E-state index in [4.69, 9.17) is 0 Å². The number of methoxy groups -OCH3 is 1. The minimum absolute atomic E-state index is 0.0430. The van der Waals surface area contributed by atoms with Crippen LogP contribution in [-0.2, 0) is 20.7 Å². The number of rotatable bonds is 3. The van der Waals surface area contributed by atoms with Crippen molar-refractivity contribution in [2.75, 3.05) is 7.11 Å². The van der Waals surface area contributed by atoms with E-state index in [1.807, 2.05) is 30.3 Å². The Labute approximate surface area is 92.2 Å². The van der Waals surface area contributed by atoms with Crippen molar-refractivity contribution in [2.24, 2.45) is 0 Å². The third-order valence-corrected chi connectivity index (χ3v) is 2.35. The van der Waals surface area contributed by atoms with Gasteiger partial charge < -0.3 is 9.72 Å². The number of hydrogen-bond donors (Lipinski definition) is 1. The summed E-state index contributed by atoms with van der Waals surface area (Å²) in [5.41, 5.74) is 1.67. The number of aromatic nitrogens is 1. The molecule has 4 heteroatoms. The number of para-hydroxylation sites is 1. The minimum atomic E-state index is -0.807. The molecule has 1 heterocycles. The molecule has 0 aliphatic heterocycles. The Balaban J connectivity index is 2.22. The first kappa shape index (κ1) is 10.4. The van der Waals surface area contributed by atoms with Gasteiger partial charge in [-0.3, -0.25) is 4.79 Å². The number of hydrogen-bond acceptors (Lipinski definition) is 3. The molecule has 1 N–H and O–H groups in total. The zero-order chi connectivity index (χ0) is 11.5. The predicted molar refractivity (Wildman–Crippen MR) is 59.0 cm³/mol. The maximum absolute atomic E-state index is 11.3. The number of nitrogens with one attached hydrogen (secondary N) is 1. The Bertz CT molecular complexity index is 509. The second-order valence-corrected chi connectivity index (χ2v) is 3.47. The molecule has 0 saturated heterocycles. The summed E-state index contributed by atoms with van der Waals surface area (Å²) in [4.78, 5) is 25.3. The van der Waals surface area contributed by atoms with Crippen LogP contribution in [0.3, 0.4) is 0 Å². The molecule has 2 aromatic rings. The van der Waals surface area contributed by atoms with E-state index in [1.54, 1.807) is 0 Å². The van der Waals surface area contributed by atoms with E-state index in [9.17, 15) is 9.59 Å². The summed E-state index contributed by atoms with van der Waals surface area (Å²) in [5, 5.41) is 1.02. The molecule has 4 nitrogen and oxygen atoms in total. The number of benzene rings is 1. The van der Waals surface area contributed by atoms with E-state index in [0.717, 1.165) is 16.6 Å². The highest BCUT2D eigenvalue weighted by Crippen LogP contribution is 2.15. The average molecular weight is 217 g/mol. The van der Waals surface area contributed by atoms with Crippen molar-refractivity contribution >= 4 is 22.7 Å². The number of aromatic amines is 1. The molecular formula is C12H11NO3. The Morgan fingerprint density at radius 3 is 2.75 bits per heavy atom. The van der Waals surface area contributed by atoms with E-state index in [1.165, 1.54) is 7.11 Å². The lowest BCUT2D eigenvalue weighted by atomic mass is 10.2. The molecule has 0 aliphatic rings. The third-order valence-electron chi connectivity index (χ3n) is 2.35. The first-order valence-corrected chi connectivity index (χ1v) is 4.88. The van der Waals surface area contributed by atoms with Crippen LogP contribution in [0.15, 0.2) is 30.3 Å². The van der Waals surface area contributed by atoms with Crippen LogP contribution in [0.4, 0.5) is 0 Å². The van der Waals surface area contributed by atoms with Crippen molar-refractivity contribution < 1.29 is 14.3 Å². The summed E-state index contributed by atoms with van der Waals surface area (Å²) in [7, 11) is 1.20. The summed E-state index contributed by atoms with van der Waals surface area (Å²) in [5.74, 6) is -1.35. The van der Waals surface area contributed by atoms with Crippen molar-refractivity contribution in [2.45, 2.75) is 6.42 Å². The van der Waals surface area contributed by atoms with Gasteiger partial charge in [0.1, 0.15) is 0 Å². The topological polar surface area (TPSA) is 59.2 Å². The van der Waals surface area contributed by atoms with Gasteiger partial charge in [0.05, 0.1) is 13.5 Å². The number of fused-ring (bicyclic) bond motifs is 1. The molecular weight excluding hydrogens is 206 g/mol. The van der Waals surface area contributed by atoms with E-state index in [2.05, 4.69) is 9.72 Å². The van der Waals surface area contributed by atoms with Crippen LogP contribution in [0.2, 0.25) is 0 Å². The van der Waals surface area contributed by atoms with Crippen LogP contribution in [0.1, 0.15) is 5.69 Å². The quantitative estimate of drug-likeness (QED) is 0.625. The van der Waals surface area contributed by atoms with Crippen LogP contribution >= 0.6 is 0 Å². The van der Waals surface area contributed by atoms with Gasteiger partial charge in [-0.1, -0.05) is 18.2 Å². The SMILES string of the molecule is COC(=O)C(=O)Cc1cc2ccccc2[nH]1. The smallest absolute Gasteiger partial charge is 0.374 e. The number of H-pyrrole nitrogens is 1. The fourth-order valence-electron chi connectivity index (χ4n) is 1.59. The first-order chi connectivity index (χ1) is 7.70. The van der Waals surface area contributed by atoms with E-state index in [0.29, 0.717) is 0 Å². The molecule has 16 heavy (non-hydrogen) atoms. The number of carbonyl (C=O) groups excluding carboxylic acids is 2. The lowest BCUT2D eigenvalue weighted by molar-refractivity contribution is -0.151. The Kier molecular flexibility index (Phi) is 2.72. The van der Waals surface area contributed by atoms with Gasteiger partial charge in [-0.05, 0) is 17.5 Å². The number of ketones is 1. The maximum Gasteiger partial charge on any atom is 0.374 e. The molecule has 0 unspecified atom stereocenters. The molecule has 0 spiro atoms. The summed E-state index contributed by atoms with van der Waals surface area (Å²) in [6.45, 7) is 0. The third kappa shape index (κ3) is 1.95. The zero-order valence-electron chi connectivity index (χ0n) is 8.82. The summed E-state index contributed by atoms with van der Waals surface area (Å²) in [6, 6.07) is 9.54. The normalized spacial score (nSPS) is 10.3. The van der Waals surface area contributed by atoms with Crippen molar-refractivity contribution in [3.8, 4) is 0 Å². The van der Waals surface area contributed by atoms with Crippen molar-refractivity contribution in [3.63, 3.8) is 0 Å². The van der Waals surface area contributed by atoms with E-state index < -0.39 is 11.8 Å². The maximum atomic E-state index is 11.3. The molecule has 82 valence electrons. The van der Waals surface area contributed by atoms with E-state index >= 15 is 0 Å². The van der Waals surface area contributed by atoms with Gasteiger partial charge in [0, 0.05) is 11.2 Å². The molecule has 0 aliphatic carbocycles. The highest BCUT2D eigenvalue weighted by molar-refractivity contribution is 6.34. The van der Waals surface area contributed by atoms with Gasteiger partial charge >= 0.3 is 5.97 Å². The fraction of sp³-hybridized carbons (Fsp3) is 0.167. The average Bonchev–Trinajstić information content (AvgIpc) is 2.69. The molecule has 0 bridgehead atoms. The second kappa shape index (κ2) is 4.18. The van der Waals surface area contributed by atoms with Crippen LogP contribution in [0.5, 0.6) is 0 Å².